The van der Waals surface area contributed by atoms with E-state index >= 15 is 0 Å². The summed E-state index contributed by atoms with van der Waals surface area (Å²) in [4.78, 5) is 8.02. The predicted octanol–water partition coefficient (Wildman–Crippen LogP) is 3.86. The fourth-order valence-electron chi connectivity index (χ4n) is 3.16. The monoisotopic (exact) mass is 364 g/mol. The summed E-state index contributed by atoms with van der Waals surface area (Å²) in [6.07, 6.45) is 4.19. The SMILES string of the molecule is CCNC(=NCc1ccccc1OC)NCCCc1c[nH]c2ccccc12. The molecule has 0 fully saturated rings. The first-order valence-electron chi connectivity index (χ1n) is 9.51. The van der Waals surface area contributed by atoms with Gasteiger partial charge in [-0.05, 0) is 37.5 Å². The molecule has 0 bridgehead atoms. The zero-order valence-electron chi connectivity index (χ0n) is 16.1. The molecule has 3 N–H and O–H groups in total. The van der Waals surface area contributed by atoms with E-state index in [1.165, 1.54) is 16.5 Å². The standard InChI is InChI=1S/C22H28N4O/c1-3-23-22(26-16-18-9-4-7-13-21(18)27-2)24-14-8-10-17-15-25-20-12-6-5-11-19(17)20/h4-7,9,11-13,15,25H,3,8,10,14,16H2,1-2H3,(H2,23,24,26). The number of nitrogens with zero attached hydrogens (tertiary/aromatic N) is 1. The Bertz CT molecular complexity index is 885. The number of rotatable bonds is 8. The van der Waals surface area contributed by atoms with E-state index in [2.05, 4.69) is 58.0 Å². The fraction of sp³-hybridized carbons (Fsp3) is 0.318. The van der Waals surface area contributed by atoms with Crippen molar-refractivity contribution in [2.75, 3.05) is 20.2 Å². The largest absolute Gasteiger partial charge is 0.496 e. The first-order chi connectivity index (χ1) is 13.3. The highest BCUT2D eigenvalue weighted by Gasteiger charge is 2.04. The van der Waals surface area contributed by atoms with E-state index < -0.39 is 0 Å². The molecule has 0 atom stereocenters. The van der Waals surface area contributed by atoms with E-state index in [1.54, 1.807) is 7.11 Å². The molecule has 1 aromatic heterocycles. The predicted molar refractivity (Wildman–Crippen MR) is 112 cm³/mol. The second kappa shape index (κ2) is 9.67. The summed E-state index contributed by atoms with van der Waals surface area (Å²) in [5.74, 6) is 1.71. The maximum absolute atomic E-state index is 5.40. The van der Waals surface area contributed by atoms with Gasteiger partial charge in [-0.15, -0.1) is 0 Å². The first-order valence-corrected chi connectivity index (χ1v) is 9.51. The molecule has 1 heterocycles. The Kier molecular flexibility index (Phi) is 6.74. The van der Waals surface area contributed by atoms with Crippen LogP contribution in [0.5, 0.6) is 5.75 Å². The maximum Gasteiger partial charge on any atom is 0.191 e. The van der Waals surface area contributed by atoms with Crippen LogP contribution >= 0.6 is 0 Å². The number of para-hydroxylation sites is 2. The Hall–Kier alpha value is -2.95. The van der Waals surface area contributed by atoms with Crippen LogP contribution in [0.3, 0.4) is 0 Å². The summed E-state index contributed by atoms with van der Waals surface area (Å²) in [6, 6.07) is 16.4. The van der Waals surface area contributed by atoms with Crippen molar-refractivity contribution in [1.29, 1.82) is 0 Å². The molecule has 5 heteroatoms. The molecule has 3 aromatic rings. The molecule has 0 aliphatic heterocycles. The smallest absolute Gasteiger partial charge is 0.191 e. The lowest BCUT2D eigenvalue weighted by Crippen LogP contribution is -2.37. The van der Waals surface area contributed by atoms with Crippen LogP contribution in [0.15, 0.2) is 59.7 Å². The molecule has 0 saturated carbocycles. The van der Waals surface area contributed by atoms with Crippen LogP contribution in [0.25, 0.3) is 10.9 Å². The molecular weight excluding hydrogens is 336 g/mol. The number of methoxy groups -OCH3 is 1. The number of aliphatic imine (C=N–C) groups is 1. The number of aromatic amines is 1. The minimum atomic E-state index is 0.585. The Morgan fingerprint density at radius 2 is 1.85 bits per heavy atom. The Balaban J connectivity index is 1.53. The number of ether oxygens (including phenoxy) is 1. The van der Waals surface area contributed by atoms with E-state index in [-0.39, 0.29) is 0 Å². The number of hydrogen-bond donors (Lipinski definition) is 3. The molecule has 2 aromatic carbocycles. The van der Waals surface area contributed by atoms with Crippen LogP contribution in [0.4, 0.5) is 0 Å². The number of nitrogens with one attached hydrogen (secondary N) is 3. The Labute approximate surface area is 160 Å². The van der Waals surface area contributed by atoms with Crippen molar-refractivity contribution in [3.63, 3.8) is 0 Å². The van der Waals surface area contributed by atoms with Crippen molar-refractivity contribution in [3.8, 4) is 5.75 Å². The second-order valence-corrected chi connectivity index (χ2v) is 6.40. The van der Waals surface area contributed by atoms with Gasteiger partial charge in [-0.1, -0.05) is 36.4 Å². The highest BCUT2D eigenvalue weighted by molar-refractivity contribution is 5.83. The van der Waals surface area contributed by atoms with E-state index in [9.17, 15) is 0 Å². The molecule has 0 radical (unpaired) electrons. The van der Waals surface area contributed by atoms with Crippen molar-refractivity contribution < 1.29 is 4.74 Å². The van der Waals surface area contributed by atoms with Crippen molar-refractivity contribution in [2.45, 2.75) is 26.3 Å². The molecule has 5 nitrogen and oxygen atoms in total. The third-order valence-corrected chi connectivity index (χ3v) is 4.53. The third kappa shape index (κ3) is 5.03. The first kappa shape index (κ1) is 18.8. The average Bonchev–Trinajstić information content (AvgIpc) is 3.12. The van der Waals surface area contributed by atoms with Gasteiger partial charge < -0.3 is 20.4 Å². The normalized spacial score (nSPS) is 11.6. The van der Waals surface area contributed by atoms with Crippen LogP contribution in [-0.4, -0.2) is 31.1 Å². The van der Waals surface area contributed by atoms with Crippen molar-refractivity contribution in [3.05, 3.63) is 65.9 Å². The molecule has 0 amide bonds. The number of hydrogen-bond acceptors (Lipinski definition) is 2. The molecule has 0 saturated heterocycles. The summed E-state index contributed by atoms with van der Waals surface area (Å²) in [5.41, 5.74) is 3.64. The fourth-order valence-corrected chi connectivity index (χ4v) is 3.16. The highest BCUT2D eigenvalue weighted by Crippen LogP contribution is 2.19. The molecule has 0 aliphatic rings. The van der Waals surface area contributed by atoms with Crippen molar-refractivity contribution >= 4 is 16.9 Å². The topological polar surface area (TPSA) is 61.4 Å². The van der Waals surface area contributed by atoms with Gasteiger partial charge in [0.1, 0.15) is 5.75 Å². The van der Waals surface area contributed by atoms with Gasteiger partial charge in [-0.2, -0.15) is 0 Å². The highest BCUT2D eigenvalue weighted by atomic mass is 16.5. The lowest BCUT2D eigenvalue weighted by Gasteiger charge is -2.12. The van der Waals surface area contributed by atoms with Gasteiger partial charge in [-0.3, -0.25) is 0 Å². The van der Waals surface area contributed by atoms with Crippen LogP contribution < -0.4 is 15.4 Å². The summed E-state index contributed by atoms with van der Waals surface area (Å²) >= 11 is 0. The molecular formula is C22H28N4O. The number of guanidine groups is 1. The van der Waals surface area contributed by atoms with Gasteiger partial charge in [0.15, 0.2) is 5.96 Å². The third-order valence-electron chi connectivity index (χ3n) is 4.53. The van der Waals surface area contributed by atoms with E-state index in [4.69, 9.17) is 4.74 Å². The zero-order valence-corrected chi connectivity index (χ0v) is 16.1. The molecule has 0 aliphatic carbocycles. The summed E-state index contributed by atoms with van der Waals surface area (Å²) in [5, 5.41) is 8.05. The summed E-state index contributed by atoms with van der Waals surface area (Å²) in [6.45, 7) is 4.37. The van der Waals surface area contributed by atoms with Crippen molar-refractivity contribution in [2.24, 2.45) is 4.99 Å². The molecule has 3 rings (SSSR count). The second-order valence-electron chi connectivity index (χ2n) is 6.40. The van der Waals surface area contributed by atoms with Crippen molar-refractivity contribution in [1.82, 2.24) is 15.6 Å². The zero-order chi connectivity index (χ0) is 18.9. The number of fused-ring (bicyclic) bond motifs is 1. The van der Waals surface area contributed by atoms with E-state index in [0.29, 0.717) is 6.54 Å². The van der Waals surface area contributed by atoms with Gasteiger partial charge >= 0.3 is 0 Å². The van der Waals surface area contributed by atoms with E-state index in [0.717, 1.165) is 43.2 Å². The van der Waals surface area contributed by atoms with Gasteiger partial charge in [0.2, 0.25) is 0 Å². The molecule has 142 valence electrons. The lowest BCUT2D eigenvalue weighted by molar-refractivity contribution is 0.410. The number of benzene rings is 2. The van der Waals surface area contributed by atoms with Crippen LogP contribution in [0.1, 0.15) is 24.5 Å². The quantitative estimate of drug-likeness (QED) is 0.323. The summed E-state index contributed by atoms with van der Waals surface area (Å²) < 4.78 is 5.40. The van der Waals surface area contributed by atoms with Gasteiger partial charge in [0, 0.05) is 35.8 Å². The van der Waals surface area contributed by atoms with Gasteiger partial charge in [-0.25, -0.2) is 4.99 Å². The minimum absolute atomic E-state index is 0.585. The molecule has 27 heavy (non-hydrogen) atoms. The summed E-state index contributed by atoms with van der Waals surface area (Å²) in [7, 11) is 1.69. The maximum atomic E-state index is 5.40. The molecule has 0 unspecified atom stereocenters. The average molecular weight is 364 g/mol. The van der Waals surface area contributed by atoms with Crippen LogP contribution in [0, 0.1) is 0 Å². The van der Waals surface area contributed by atoms with Crippen LogP contribution in [0.2, 0.25) is 0 Å². The van der Waals surface area contributed by atoms with Crippen LogP contribution in [-0.2, 0) is 13.0 Å². The molecule has 0 spiro atoms. The van der Waals surface area contributed by atoms with E-state index in [1.807, 2.05) is 24.3 Å². The minimum Gasteiger partial charge on any atom is -0.496 e. The number of aryl methyl sites for hydroxylation is 1. The Morgan fingerprint density at radius 1 is 1.04 bits per heavy atom. The van der Waals surface area contributed by atoms with Gasteiger partial charge in [0.25, 0.3) is 0 Å². The van der Waals surface area contributed by atoms with Gasteiger partial charge in [0.05, 0.1) is 13.7 Å². The lowest BCUT2D eigenvalue weighted by atomic mass is 10.1. The number of H-pyrrole nitrogens is 1. The Morgan fingerprint density at radius 3 is 2.70 bits per heavy atom. The number of aromatic nitrogens is 1.